The van der Waals surface area contributed by atoms with Crippen molar-refractivity contribution in [2.24, 2.45) is 0 Å². The number of hydrogen-bond donors (Lipinski definition) is 1. The number of rotatable bonds is 8. The molecule has 0 unspecified atom stereocenters. The molecule has 1 N–H and O–H groups in total. The van der Waals surface area contributed by atoms with Gasteiger partial charge >= 0.3 is 0 Å². The number of anilines is 1. The molecule has 0 saturated heterocycles. The molecule has 6 nitrogen and oxygen atoms in total. The summed E-state index contributed by atoms with van der Waals surface area (Å²) in [4.78, 5) is 25.3. The molecule has 0 saturated carbocycles. The quantitative estimate of drug-likeness (QED) is 0.604. The molecule has 0 radical (unpaired) electrons. The molecular weight excluding hydrogens is 360 g/mol. The number of aromatic nitrogens is 2. The summed E-state index contributed by atoms with van der Waals surface area (Å²) < 4.78 is 4.95. The van der Waals surface area contributed by atoms with E-state index >= 15 is 0 Å². The summed E-state index contributed by atoms with van der Waals surface area (Å²) in [6.45, 7) is 3.53. The van der Waals surface area contributed by atoms with Gasteiger partial charge in [-0.2, -0.15) is 0 Å². The largest absolute Gasteiger partial charge is 0.383 e. The molecule has 7 heteroatoms. The van der Waals surface area contributed by atoms with Crippen LogP contribution >= 0.6 is 11.3 Å². The minimum Gasteiger partial charge on any atom is -0.383 e. The number of fused-ring (bicyclic) bond motifs is 1. The van der Waals surface area contributed by atoms with Crippen molar-refractivity contribution in [3.8, 4) is 10.4 Å². The lowest BCUT2D eigenvalue weighted by Gasteiger charge is -2.19. The third-order valence-electron chi connectivity index (χ3n) is 4.21. The number of methoxy groups -OCH3 is 1. The van der Waals surface area contributed by atoms with E-state index in [-0.39, 0.29) is 5.91 Å². The van der Waals surface area contributed by atoms with Crippen LogP contribution in [0, 0.1) is 6.92 Å². The molecule has 2 aromatic heterocycles. The predicted molar refractivity (Wildman–Crippen MR) is 110 cm³/mol. The van der Waals surface area contributed by atoms with Crippen LogP contribution in [0.5, 0.6) is 0 Å². The first-order valence-electron chi connectivity index (χ1n) is 8.89. The Hall–Kier alpha value is -2.51. The molecule has 0 bridgehead atoms. The summed E-state index contributed by atoms with van der Waals surface area (Å²) in [7, 11) is 3.58. The van der Waals surface area contributed by atoms with Gasteiger partial charge in [0.1, 0.15) is 16.5 Å². The van der Waals surface area contributed by atoms with Crippen molar-refractivity contribution in [2.45, 2.75) is 13.3 Å². The second kappa shape index (κ2) is 8.92. The van der Waals surface area contributed by atoms with Gasteiger partial charge in [-0.1, -0.05) is 30.3 Å². The van der Waals surface area contributed by atoms with Gasteiger partial charge in [0.15, 0.2) is 0 Å². The van der Waals surface area contributed by atoms with Gasteiger partial charge in [0.25, 0.3) is 0 Å². The van der Waals surface area contributed by atoms with Crippen LogP contribution in [0.25, 0.3) is 20.7 Å². The van der Waals surface area contributed by atoms with Crippen molar-refractivity contribution in [3.05, 3.63) is 42.2 Å². The van der Waals surface area contributed by atoms with Gasteiger partial charge in [-0.25, -0.2) is 9.97 Å². The Morgan fingerprint density at radius 1 is 1.26 bits per heavy atom. The standard InChI is InChI=1S/C20H24N4O2S/c1-14-22-19(24(2)11-9-18(25)21-10-12-26-3)16-13-17(27-20(16)23-14)15-7-5-4-6-8-15/h4-8,13H,9-12H2,1-3H3,(H,21,25). The van der Waals surface area contributed by atoms with Crippen molar-refractivity contribution in [1.82, 2.24) is 15.3 Å². The average molecular weight is 385 g/mol. The Morgan fingerprint density at radius 2 is 2.04 bits per heavy atom. The Balaban J connectivity index is 1.79. The summed E-state index contributed by atoms with van der Waals surface area (Å²) in [5.74, 6) is 1.60. The molecule has 142 valence electrons. The highest BCUT2D eigenvalue weighted by atomic mass is 32.1. The van der Waals surface area contributed by atoms with E-state index in [1.807, 2.05) is 37.1 Å². The van der Waals surface area contributed by atoms with Crippen LogP contribution in [-0.4, -0.2) is 49.7 Å². The molecule has 0 fully saturated rings. The van der Waals surface area contributed by atoms with E-state index in [9.17, 15) is 4.79 Å². The average Bonchev–Trinajstić information content (AvgIpc) is 3.10. The topological polar surface area (TPSA) is 67.3 Å². The molecular formula is C20H24N4O2S. The number of nitrogens with zero attached hydrogens (tertiary/aromatic N) is 3. The van der Waals surface area contributed by atoms with E-state index in [4.69, 9.17) is 4.74 Å². The molecule has 1 aromatic carbocycles. The van der Waals surface area contributed by atoms with Crippen LogP contribution < -0.4 is 10.2 Å². The maximum Gasteiger partial charge on any atom is 0.221 e. The van der Waals surface area contributed by atoms with Crippen LogP contribution in [-0.2, 0) is 9.53 Å². The minimum atomic E-state index is 0.0104. The first kappa shape index (κ1) is 19.3. The SMILES string of the molecule is COCCNC(=O)CCN(C)c1nc(C)nc2sc(-c3ccccc3)cc12. The zero-order chi connectivity index (χ0) is 19.2. The smallest absolute Gasteiger partial charge is 0.221 e. The maximum atomic E-state index is 11.9. The van der Waals surface area contributed by atoms with Gasteiger partial charge in [-0.05, 0) is 18.6 Å². The van der Waals surface area contributed by atoms with Gasteiger partial charge in [-0.15, -0.1) is 11.3 Å². The molecule has 1 amide bonds. The lowest BCUT2D eigenvalue weighted by molar-refractivity contribution is -0.121. The number of carbonyl (C=O) groups excluding carboxylic acids is 1. The fourth-order valence-corrected chi connectivity index (χ4v) is 3.88. The maximum absolute atomic E-state index is 11.9. The van der Waals surface area contributed by atoms with Crippen molar-refractivity contribution in [2.75, 3.05) is 38.8 Å². The summed E-state index contributed by atoms with van der Waals surface area (Å²) in [5, 5.41) is 3.86. The molecule has 27 heavy (non-hydrogen) atoms. The fourth-order valence-electron chi connectivity index (χ4n) is 2.80. The lowest BCUT2D eigenvalue weighted by atomic mass is 10.2. The number of ether oxygens (including phenoxy) is 1. The first-order valence-corrected chi connectivity index (χ1v) is 9.70. The van der Waals surface area contributed by atoms with E-state index in [1.165, 1.54) is 5.56 Å². The van der Waals surface area contributed by atoms with Gasteiger partial charge < -0.3 is 15.0 Å². The van der Waals surface area contributed by atoms with E-state index in [1.54, 1.807) is 18.4 Å². The molecule has 0 aliphatic heterocycles. The number of benzene rings is 1. The van der Waals surface area contributed by atoms with Crippen molar-refractivity contribution in [1.29, 1.82) is 0 Å². The van der Waals surface area contributed by atoms with Crippen LogP contribution in [0.3, 0.4) is 0 Å². The third-order valence-corrected chi connectivity index (χ3v) is 5.28. The zero-order valence-corrected chi connectivity index (χ0v) is 16.7. The highest BCUT2D eigenvalue weighted by Crippen LogP contribution is 2.36. The Labute approximate surface area is 163 Å². The zero-order valence-electron chi connectivity index (χ0n) is 15.9. The number of carbonyl (C=O) groups is 1. The predicted octanol–water partition coefficient (Wildman–Crippen LogP) is 3.26. The second-order valence-corrected chi connectivity index (χ2v) is 7.33. The summed E-state index contributed by atoms with van der Waals surface area (Å²) in [6.07, 6.45) is 0.403. The van der Waals surface area contributed by atoms with E-state index < -0.39 is 0 Å². The van der Waals surface area contributed by atoms with Crippen LogP contribution in [0.2, 0.25) is 0 Å². The molecule has 3 rings (SSSR count). The van der Waals surface area contributed by atoms with Gasteiger partial charge in [-0.3, -0.25) is 4.79 Å². The number of amides is 1. The summed E-state index contributed by atoms with van der Waals surface area (Å²) in [6, 6.07) is 12.4. The van der Waals surface area contributed by atoms with Crippen LogP contribution in [0.1, 0.15) is 12.2 Å². The lowest BCUT2D eigenvalue weighted by Crippen LogP contribution is -2.31. The summed E-state index contributed by atoms with van der Waals surface area (Å²) in [5.41, 5.74) is 1.17. The number of aryl methyl sites for hydroxylation is 1. The molecule has 0 aliphatic carbocycles. The Morgan fingerprint density at radius 3 is 2.78 bits per heavy atom. The third kappa shape index (κ3) is 4.81. The molecule has 2 heterocycles. The van der Waals surface area contributed by atoms with E-state index in [0.29, 0.717) is 26.1 Å². The number of thiophene rings is 1. The van der Waals surface area contributed by atoms with Crippen molar-refractivity contribution >= 4 is 33.3 Å². The normalized spacial score (nSPS) is 10.9. The Kier molecular flexibility index (Phi) is 6.36. The Bertz CT molecular complexity index is 911. The molecule has 0 atom stereocenters. The van der Waals surface area contributed by atoms with Gasteiger partial charge in [0.2, 0.25) is 5.91 Å². The monoisotopic (exact) mass is 384 g/mol. The van der Waals surface area contributed by atoms with Crippen molar-refractivity contribution < 1.29 is 9.53 Å². The number of nitrogens with one attached hydrogen (secondary N) is 1. The van der Waals surface area contributed by atoms with Crippen molar-refractivity contribution in [3.63, 3.8) is 0 Å². The second-order valence-electron chi connectivity index (χ2n) is 6.30. The molecule has 0 spiro atoms. The van der Waals surface area contributed by atoms with Gasteiger partial charge in [0.05, 0.1) is 12.0 Å². The first-order chi connectivity index (χ1) is 13.1. The minimum absolute atomic E-state index is 0.0104. The number of hydrogen-bond acceptors (Lipinski definition) is 6. The highest BCUT2D eigenvalue weighted by Gasteiger charge is 2.15. The fraction of sp³-hybridized carbons (Fsp3) is 0.350. The van der Waals surface area contributed by atoms with Crippen LogP contribution in [0.15, 0.2) is 36.4 Å². The highest BCUT2D eigenvalue weighted by molar-refractivity contribution is 7.21. The van der Waals surface area contributed by atoms with E-state index in [2.05, 4.69) is 33.5 Å². The van der Waals surface area contributed by atoms with Gasteiger partial charge in [0, 0.05) is 38.5 Å². The molecule has 0 aliphatic rings. The van der Waals surface area contributed by atoms with Crippen LogP contribution in [0.4, 0.5) is 5.82 Å². The molecule has 3 aromatic rings. The summed E-state index contributed by atoms with van der Waals surface area (Å²) >= 11 is 1.66. The van der Waals surface area contributed by atoms with E-state index in [0.717, 1.165) is 26.7 Å².